The molecule has 16 heavy (non-hydrogen) atoms. The molecule has 0 radical (unpaired) electrons. The highest BCUT2D eigenvalue weighted by Crippen LogP contribution is 2.09. The number of hydrogen-bond donors (Lipinski definition) is 2. The quantitative estimate of drug-likeness (QED) is 0.312. The molecular weight excluding hydrogens is 204 g/mol. The molecule has 1 fully saturated rings. The molecule has 0 amide bonds. The lowest BCUT2D eigenvalue weighted by atomic mass is 10.1. The molecule has 0 saturated carbocycles. The molecule has 0 aromatic heterocycles. The Labute approximate surface area is 97.9 Å². The molecule has 0 aliphatic carbocycles. The minimum Gasteiger partial charge on any atom is -0.409 e. The van der Waals surface area contributed by atoms with E-state index in [0.29, 0.717) is 18.3 Å². The molecule has 1 heterocycles. The zero-order valence-corrected chi connectivity index (χ0v) is 10.4. The van der Waals surface area contributed by atoms with Crippen molar-refractivity contribution in [2.24, 2.45) is 10.9 Å². The molecule has 5 nitrogen and oxygen atoms in total. The van der Waals surface area contributed by atoms with Gasteiger partial charge < -0.3 is 15.8 Å². The monoisotopic (exact) mass is 228 g/mol. The standard InChI is InChI=1S/C11H24N4O/c1-3-15-8-7-14(9-10(15)2)6-4-5-11(12)13-16/h10,16H,3-9H2,1-2H3,(H2,12,13). The first-order chi connectivity index (χ1) is 7.67. The van der Waals surface area contributed by atoms with Crippen LogP contribution in [-0.2, 0) is 0 Å². The van der Waals surface area contributed by atoms with E-state index in [1.54, 1.807) is 0 Å². The maximum absolute atomic E-state index is 8.42. The van der Waals surface area contributed by atoms with Gasteiger partial charge in [-0.1, -0.05) is 12.1 Å². The summed E-state index contributed by atoms with van der Waals surface area (Å²) in [5.74, 6) is 0.334. The summed E-state index contributed by atoms with van der Waals surface area (Å²) in [5, 5.41) is 11.4. The fraction of sp³-hybridized carbons (Fsp3) is 0.909. The number of oxime groups is 1. The molecule has 3 N–H and O–H groups in total. The van der Waals surface area contributed by atoms with Crippen LogP contribution < -0.4 is 5.73 Å². The average Bonchev–Trinajstić information content (AvgIpc) is 2.29. The van der Waals surface area contributed by atoms with Crippen molar-refractivity contribution in [3.8, 4) is 0 Å². The van der Waals surface area contributed by atoms with Gasteiger partial charge in [0.15, 0.2) is 0 Å². The number of piperazine rings is 1. The highest BCUT2D eigenvalue weighted by atomic mass is 16.4. The van der Waals surface area contributed by atoms with Crippen LogP contribution in [0.15, 0.2) is 5.16 Å². The highest BCUT2D eigenvalue weighted by Gasteiger charge is 2.21. The highest BCUT2D eigenvalue weighted by molar-refractivity contribution is 5.79. The van der Waals surface area contributed by atoms with Gasteiger partial charge in [-0.05, 0) is 26.4 Å². The second kappa shape index (κ2) is 6.70. The summed E-state index contributed by atoms with van der Waals surface area (Å²) in [6.07, 6.45) is 1.65. The average molecular weight is 228 g/mol. The molecule has 5 heteroatoms. The Hall–Kier alpha value is -0.810. The zero-order chi connectivity index (χ0) is 12.0. The lowest BCUT2D eigenvalue weighted by Gasteiger charge is -2.39. The van der Waals surface area contributed by atoms with E-state index in [0.717, 1.165) is 39.1 Å². The van der Waals surface area contributed by atoms with Crippen molar-refractivity contribution in [3.05, 3.63) is 0 Å². The lowest BCUT2D eigenvalue weighted by molar-refractivity contribution is 0.0877. The van der Waals surface area contributed by atoms with Gasteiger partial charge in [0, 0.05) is 32.1 Å². The minimum absolute atomic E-state index is 0.334. The molecule has 94 valence electrons. The van der Waals surface area contributed by atoms with E-state index in [-0.39, 0.29) is 0 Å². The Morgan fingerprint density at radius 1 is 1.50 bits per heavy atom. The van der Waals surface area contributed by atoms with Gasteiger partial charge in [-0.25, -0.2) is 0 Å². The number of amidine groups is 1. The normalized spacial score (nSPS) is 24.9. The van der Waals surface area contributed by atoms with Gasteiger partial charge in [0.25, 0.3) is 0 Å². The van der Waals surface area contributed by atoms with E-state index >= 15 is 0 Å². The van der Waals surface area contributed by atoms with E-state index < -0.39 is 0 Å². The number of nitrogens with two attached hydrogens (primary N) is 1. The number of hydrogen-bond acceptors (Lipinski definition) is 4. The summed E-state index contributed by atoms with van der Waals surface area (Å²) in [5.41, 5.74) is 5.43. The molecule has 1 rings (SSSR count). The van der Waals surface area contributed by atoms with Crippen LogP contribution in [0.2, 0.25) is 0 Å². The molecule has 0 aromatic rings. The van der Waals surface area contributed by atoms with Crippen LogP contribution in [-0.4, -0.2) is 59.6 Å². The summed E-state index contributed by atoms with van der Waals surface area (Å²) >= 11 is 0. The van der Waals surface area contributed by atoms with Crippen LogP contribution >= 0.6 is 0 Å². The van der Waals surface area contributed by atoms with E-state index in [4.69, 9.17) is 10.9 Å². The molecule has 0 bridgehead atoms. The molecular formula is C11H24N4O. The summed E-state index contributed by atoms with van der Waals surface area (Å²) in [7, 11) is 0. The first-order valence-corrected chi connectivity index (χ1v) is 6.10. The Balaban J connectivity index is 2.20. The van der Waals surface area contributed by atoms with Crippen LogP contribution in [0.25, 0.3) is 0 Å². The SMILES string of the molecule is CCN1CCN(CCCC(N)=NO)CC1C. The molecule has 1 aliphatic heterocycles. The van der Waals surface area contributed by atoms with Crippen LogP contribution in [0.1, 0.15) is 26.7 Å². The summed E-state index contributed by atoms with van der Waals surface area (Å²) in [6.45, 7) is 10.1. The molecule has 1 saturated heterocycles. The van der Waals surface area contributed by atoms with Gasteiger partial charge in [0.05, 0.1) is 0 Å². The Bertz CT molecular complexity index is 232. The topological polar surface area (TPSA) is 65.1 Å². The third-order valence-electron chi connectivity index (χ3n) is 3.29. The minimum atomic E-state index is 0.334. The van der Waals surface area contributed by atoms with Crippen LogP contribution in [0.3, 0.4) is 0 Å². The maximum atomic E-state index is 8.42. The van der Waals surface area contributed by atoms with Crippen molar-refractivity contribution in [1.82, 2.24) is 9.80 Å². The molecule has 1 unspecified atom stereocenters. The van der Waals surface area contributed by atoms with Gasteiger partial charge in [0.2, 0.25) is 0 Å². The predicted molar refractivity (Wildman–Crippen MR) is 65.8 cm³/mol. The Morgan fingerprint density at radius 2 is 2.25 bits per heavy atom. The van der Waals surface area contributed by atoms with Crippen molar-refractivity contribution in [2.45, 2.75) is 32.7 Å². The number of rotatable bonds is 5. The molecule has 1 aliphatic rings. The van der Waals surface area contributed by atoms with E-state index in [1.807, 2.05) is 0 Å². The zero-order valence-electron chi connectivity index (χ0n) is 10.4. The largest absolute Gasteiger partial charge is 0.409 e. The fourth-order valence-electron chi connectivity index (χ4n) is 2.28. The molecule has 0 aromatic carbocycles. The second-order valence-electron chi connectivity index (χ2n) is 4.47. The second-order valence-corrected chi connectivity index (χ2v) is 4.47. The van der Waals surface area contributed by atoms with Crippen molar-refractivity contribution < 1.29 is 5.21 Å². The first-order valence-electron chi connectivity index (χ1n) is 6.10. The molecule has 1 atom stereocenters. The van der Waals surface area contributed by atoms with E-state index in [2.05, 4.69) is 28.8 Å². The Morgan fingerprint density at radius 3 is 2.81 bits per heavy atom. The van der Waals surface area contributed by atoms with Crippen molar-refractivity contribution >= 4 is 5.84 Å². The van der Waals surface area contributed by atoms with E-state index in [1.165, 1.54) is 0 Å². The van der Waals surface area contributed by atoms with Crippen molar-refractivity contribution in [3.63, 3.8) is 0 Å². The Kier molecular flexibility index (Phi) is 5.55. The van der Waals surface area contributed by atoms with Gasteiger partial charge in [0.1, 0.15) is 5.84 Å². The van der Waals surface area contributed by atoms with Gasteiger partial charge >= 0.3 is 0 Å². The van der Waals surface area contributed by atoms with Gasteiger partial charge in [-0.3, -0.25) is 4.90 Å². The smallest absolute Gasteiger partial charge is 0.139 e. The maximum Gasteiger partial charge on any atom is 0.139 e. The van der Waals surface area contributed by atoms with Gasteiger partial charge in [-0.15, -0.1) is 0 Å². The number of nitrogens with zero attached hydrogens (tertiary/aromatic N) is 3. The summed E-state index contributed by atoms with van der Waals surface area (Å²) in [4.78, 5) is 4.96. The third-order valence-corrected chi connectivity index (χ3v) is 3.29. The fourth-order valence-corrected chi connectivity index (χ4v) is 2.28. The third kappa shape index (κ3) is 3.98. The number of likely N-dealkylation sites (N-methyl/N-ethyl adjacent to an activating group) is 1. The first kappa shape index (κ1) is 13.3. The van der Waals surface area contributed by atoms with Crippen LogP contribution in [0, 0.1) is 0 Å². The van der Waals surface area contributed by atoms with Crippen molar-refractivity contribution in [1.29, 1.82) is 0 Å². The van der Waals surface area contributed by atoms with Crippen molar-refractivity contribution in [2.75, 3.05) is 32.7 Å². The molecule has 0 spiro atoms. The summed E-state index contributed by atoms with van der Waals surface area (Å²) in [6, 6.07) is 0.641. The predicted octanol–water partition coefficient (Wildman–Crippen LogP) is 0.539. The lowest BCUT2D eigenvalue weighted by Crippen LogP contribution is -2.51. The van der Waals surface area contributed by atoms with E-state index in [9.17, 15) is 0 Å². The van der Waals surface area contributed by atoms with Crippen LogP contribution in [0.5, 0.6) is 0 Å². The summed E-state index contributed by atoms with van der Waals surface area (Å²) < 4.78 is 0. The van der Waals surface area contributed by atoms with Crippen LogP contribution in [0.4, 0.5) is 0 Å². The van der Waals surface area contributed by atoms with Gasteiger partial charge in [-0.2, -0.15) is 0 Å².